The summed E-state index contributed by atoms with van der Waals surface area (Å²) in [6.45, 7) is 0.811. The predicted octanol–water partition coefficient (Wildman–Crippen LogP) is 0.965. The van der Waals surface area contributed by atoms with Gasteiger partial charge in [-0.15, -0.1) is 0 Å². The van der Waals surface area contributed by atoms with E-state index in [1.54, 1.807) is 30.3 Å². The van der Waals surface area contributed by atoms with Crippen LogP contribution in [-0.2, 0) is 0 Å². The van der Waals surface area contributed by atoms with Gasteiger partial charge in [0, 0.05) is 24.5 Å². The quantitative estimate of drug-likeness (QED) is 0.756. The van der Waals surface area contributed by atoms with Crippen LogP contribution in [0.4, 0.5) is 5.69 Å². The van der Waals surface area contributed by atoms with E-state index in [-0.39, 0.29) is 5.56 Å². The van der Waals surface area contributed by atoms with E-state index in [4.69, 9.17) is 10.5 Å². The highest BCUT2D eigenvalue weighted by molar-refractivity contribution is 6.04. The third-order valence-electron chi connectivity index (χ3n) is 2.54. The number of carbonyl (C=O) groups excluding carboxylic acids is 1. The molecule has 0 aliphatic heterocycles. The van der Waals surface area contributed by atoms with Crippen LogP contribution in [0.1, 0.15) is 10.4 Å². The molecule has 0 aliphatic rings. The van der Waals surface area contributed by atoms with Gasteiger partial charge in [-0.05, 0) is 24.3 Å². The van der Waals surface area contributed by atoms with E-state index in [2.05, 4.69) is 10.3 Å². The van der Waals surface area contributed by atoms with E-state index < -0.39 is 11.5 Å². The summed E-state index contributed by atoms with van der Waals surface area (Å²) in [5, 5.41) is 2.65. The lowest BCUT2D eigenvalue weighted by Crippen LogP contribution is -2.22. The van der Waals surface area contributed by atoms with Gasteiger partial charge in [-0.2, -0.15) is 0 Å². The van der Waals surface area contributed by atoms with Crippen molar-refractivity contribution in [1.82, 2.24) is 4.98 Å². The van der Waals surface area contributed by atoms with Crippen molar-refractivity contribution in [2.24, 2.45) is 5.73 Å². The highest BCUT2D eigenvalue weighted by Gasteiger charge is 2.10. The SMILES string of the molecule is NCCOc1cccc(NC(=O)c2ccc[nH]c2=O)c1. The Kier molecular flexibility index (Phi) is 4.52. The van der Waals surface area contributed by atoms with Gasteiger partial charge in [0.25, 0.3) is 11.5 Å². The summed E-state index contributed by atoms with van der Waals surface area (Å²) in [6, 6.07) is 9.95. The Morgan fingerprint density at radius 1 is 1.30 bits per heavy atom. The molecule has 0 fully saturated rings. The van der Waals surface area contributed by atoms with Crippen LogP contribution in [0, 0.1) is 0 Å². The number of hydrogen-bond donors (Lipinski definition) is 3. The van der Waals surface area contributed by atoms with Crippen molar-refractivity contribution >= 4 is 11.6 Å². The summed E-state index contributed by atoms with van der Waals surface area (Å²) in [4.78, 5) is 25.9. The average Bonchev–Trinajstić information content (AvgIpc) is 2.46. The topological polar surface area (TPSA) is 97.2 Å². The summed E-state index contributed by atoms with van der Waals surface area (Å²) < 4.78 is 5.36. The molecule has 104 valence electrons. The maximum atomic E-state index is 12.0. The smallest absolute Gasteiger partial charge is 0.261 e. The van der Waals surface area contributed by atoms with Crippen LogP contribution in [0.3, 0.4) is 0 Å². The molecule has 1 aromatic heterocycles. The first-order valence-corrected chi connectivity index (χ1v) is 6.12. The van der Waals surface area contributed by atoms with Gasteiger partial charge in [-0.3, -0.25) is 9.59 Å². The number of ether oxygens (including phenoxy) is 1. The Hall–Kier alpha value is -2.60. The molecule has 0 atom stereocenters. The standard InChI is InChI=1S/C14H15N3O3/c15-6-8-20-11-4-1-3-10(9-11)17-14(19)12-5-2-7-16-13(12)18/h1-5,7,9H,6,8,15H2,(H,16,18)(H,17,19). The van der Waals surface area contributed by atoms with Crippen LogP contribution in [-0.4, -0.2) is 24.0 Å². The van der Waals surface area contributed by atoms with E-state index in [0.717, 1.165) is 0 Å². The van der Waals surface area contributed by atoms with E-state index in [1.807, 2.05) is 0 Å². The van der Waals surface area contributed by atoms with Gasteiger partial charge < -0.3 is 20.8 Å². The number of anilines is 1. The number of nitrogens with two attached hydrogens (primary N) is 1. The zero-order chi connectivity index (χ0) is 14.4. The molecular formula is C14H15N3O3. The second-order valence-corrected chi connectivity index (χ2v) is 4.03. The Morgan fingerprint density at radius 3 is 2.90 bits per heavy atom. The van der Waals surface area contributed by atoms with Gasteiger partial charge in [-0.25, -0.2) is 0 Å². The number of aromatic amines is 1. The van der Waals surface area contributed by atoms with Gasteiger partial charge in [0.15, 0.2) is 0 Å². The normalized spacial score (nSPS) is 10.1. The van der Waals surface area contributed by atoms with Crippen molar-refractivity contribution in [3.05, 3.63) is 58.5 Å². The number of H-pyrrole nitrogens is 1. The van der Waals surface area contributed by atoms with E-state index >= 15 is 0 Å². The largest absolute Gasteiger partial charge is 0.492 e. The molecule has 6 nitrogen and oxygen atoms in total. The number of carbonyl (C=O) groups is 1. The van der Waals surface area contributed by atoms with Crippen LogP contribution < -0.4 is 21.3 Å². The molecule has 1 amide bonds. The maximum absolute atomic E-state index is 12.0. The van der Waals surface area contributed by atoms with Crippen LogP contribution in [0.25, 0.3) is 0 Å². The molecular weight excluding hydrogens is 258 g/mol. The fraction of sp³-hybridized carbons (Fsp3) is 0.143. The number of pyridine rings is 1. The summed E-state index contributed by atoms with van der Waals surface area (Å²) in [5.41, 5.74) is 5.53. The fourth-order valence-corrected chi connectivity index (χ4v) is 1.64. The molecule has 0 bridgehead atoms. The molecule has 0 unspecified atom stereocenters. The van der Waals surface area contributed by atoms with Crippen molar-refractivity contribution in [3.63, 3.8) is 0 Å². The summed E-state index contributed by atoms with van der Waals surface area (Å²) in [5.74, 6) is 0.137. The monoisotopic (exact) mass is 273 g/mol. The van der Waals surface area contributed by atoms with Gasteiger partial charge >= 0.3 is 0 Å². The minimum absolute atomic E-state index is 0.0563. The zero-order valence-electron chi connectivity index (χ0n) is 10.8. The Bertz CT molecular complexity index is 652. The number of aromatic nitrogens is 1. The first-order chi connectivity index (χ1) is 9.70. The van der Waals surface area contributed by atoms with Gasteiger partial charge in [-0.1, -0.05) is 6.07 Å². The van der Waals surface area contributed by atoms with Crippen molar-refractivity contribution in [2.45, 2.75) is 0 Å². The lowest BCUT2D eigenvalue weighted by atomic mass is 10.2. The van der Waals surface area contributed by atoms with Crippen molar-refractivity contribution in [1.29, 1.82) is 0 Å². The van der Waals surface area contributed by atoms with Gasteiger partial charge in [0.1, 0.15) is 17.9 Å². The molecule has 1 heterocycles. The van der Waals surface area contributed by atoms with Crippen LogP contribution >= 0.6 is 0 Å². The number of nitrogens with one attached hydrogen (secondary N) is 2. The molecule has 1 aromatic carbocycles. The summed E-state index contributed by atoms with van der Waals surface area (Å²) >= 11 is 0. The molecule has 0 radical (unpaired) electrons. The molecule has 0 saturated heterocycles. The lowest BCUT2D eigenvalue weighted by Gasteiger charge is -2.08. The maximum Gasteiger partial charge on any atom is 0.261 e. The zero-order valence-corrected chi connectivity index (χ0v) is 10.8. The molecule has 0 spiro atoms. The van der Waals surface area contributed by atoms with Crippen LogP contribution in [0.2, 0.25) is 0 Å². The summed E-state index contributed by atoms with van der Waals surface area (Å²) in [6.07, 6.45) is 1.47. The fourth-order valence-electron chi connectivity index (χ4n) is 1.64. The van der Waals surface area contributed by atoms with Crippen molar-refractivity contribution in [3.8, 4) is 5.75 Å². The van der Waals surface area contributed by atoms with Crippen molar-refractivity contribution in [2.75, 3.05) is 18.5 Å². The third kappa shape index (κ3) is 3.46. The Labute approximate surface area is 115 Å². The number of rotatable bonds is 5. The van der Waals surface area contributed by atoms with Crippen molar-refractivity contribution < 1.29 is 9.53 Å². The lowest BCUT2D eigenvalue weighted by molar-refractivity contribution is 0.102. The molecule has 20 heavy (non-hydrogen) atoms. The Balaban J connectivity index is 2.12. The molecule has 2 rings (SSSR count). The Morgan fingerprint density at radius 2 is 2.15 bits per heavy atom. The van der Waals surface area contributed by atoms with Crippen LogP contribution in [0.15, 0.2) is 47.4 Å². The number of benzene rings is 1. The molecule has 4 N–H and O–H groups in total. The first-order valence-electron chi connectivity index (χ1n) is 6.12. The predicted molar refractivity (Wildman–Crippen MR) is 76.0 cm³/mol. The highest BCUT2D eigenvalue weighted by atomic mass is 16.5. The van der Waals surface area contributed by atoms with E-state index in [0.29, 0.717) is 24.6 Å². The minimum Gasteiger partial charge on any atom is -0.492 e. The average molecular weight is 273 g/mol. The molecule has 0 saturated carbocycles. The number of amides is 1. The highest BCUT2D eigenvalue weighted by Crippen LogP contribution is 2.17. The molecule has 2 aromatic rings. The third-order valence-corrected chi connectivity index (χ3v) is 2.54. The first kappa shape index (κ1) is 13.8. The van der Waals surface area contributed by atoms with Gasteiger partial charge in [0.2, 0.25) is 0 Å². The minimum atomic E-state index is -0.470. The summed E-state index contributed by atoms with van der Waals surface area (Å²) in [7, 11) is 0. The second kappa shape index (κ2) is 6.53. The van der Waals surface area contributed by atoms with E-state index in [9.17, 15) is 9.59 Å². The number of hydrogen-bond acceptors (Lipinski definition) is 4. The second-order valence-electron chi connectivity index (χ2n) is 4.03. The molecule has 6 heteroatoms. The van der Waals surface area contributed by atoms with Gasteiger partial charge in [0.05, 0.1) is 0 Å². The van der Waals surface area contributed by atoms with E-state index in [1.165, 1.54) is 12.3 Å². The van der Waals surface area contributed by atoms with Crippen LogP contribution in [0.5, 0.6) is 5.75 Å². The molecule has 0 aliphatic carbocycles.